The van der Waals surface area contributed by atoms with E-state index >= 15 is 0 Å². The van der Waals surface area contributed by atoms with Crippen LogP contribution in [0.4, 0.5) is 0 Å². The van der Waals surface area contributed by atoms with Gasteiger partial charge in [-0.3, -0.25) is 4.79 Å². The molecule has 1 amide bonds. The summed E-state index contributed by atoms with van der Waals surface area (Å²) in [5.41, 5.74) is -0.270. The maximum absolute atomic E-state index is 12.3. The van der Waals surface area contributed by atoms with E-state index in [0.717, 1.165) is 26.0 Å². The van der Waals surface area contributed by atoms with Gasteiger partial charge in [0.25, 0.3) is 5.91 Å². The lowest BCUT2D eigenvalue weighted by atomic mass is 9.82. The van der Waals surface area contributed by atoms with Gasteiger partial charge in [-0.15, -0.1) is 11.3 Å². The molecule has 1 saturated heterocycles. The molecule has 6 heteroatoms. The van der Waals surface area contributed by atoms with Crippen molar-refractivity contribution < 1.29 is 4.79 Å². The molecular formula is C12H12Br2N2OS. The molecule has 1 aromatic rings. The molecule has 0 radical (unpaired) electrons. The zero-order chi connectivity index (χ0) is 13.3. The second kappa shape index (κ2) is 5.32. The van der Waals surface area contributed by atoms with Gasteiger partial charge in [-0.25, -0.2) is 0 Å². The summed E-state index contributed by atoms with van der Waals surface area (Å²) in [7, 11) is 0. The van der Waals surface area contributed by atoms with Crippen LogP contribution in [0.25, 0.3) is 0 Å². The molecule has 0 atom stereocenters. The normalized spacial score (nSPS) is 18.4. The third kappa shape index (κ3) is 2.79. The fraction of sp³-hybridized carbons (Fsp3) is 0.500. The van der Waals surface area contributed by atoms with Crippen LogP contribution >= 0.6 is 43.2 Å². The van der Waals surface area contributed by atoms with Crippen LogP contribution in [-0.2, 0) is 0 Å². The van der Waals surface area contributed by atoms with E-state index in [0.29, 0.717) is 13.1 Å². The molecule has 1 aliphatic rings. The highest BCUT2D eigenvalue weighted by molar-refractivity contribution is 9.13. The molecule has 96 valence electrons. The minimum Gasteiger partial charge on any atom is -0.338 e. The van der Waals surface area contributed by atoms with Crippen molar-refractivity contribution in [2.75, 3.05) is 13.1 Å². The Morgan fingerprint density at radius 3 is 2.56 bits per heavy atom. The van der Waals surface area contributed by atoms with E-state index < -0.39 is 0 Å². The van der Waals surface area contributed by atoms with Gasteiger partial charge in [-0.2, -0.15) is 5.26 Å². The molecule has 3 nitrogen and oxygen atoms in total. The molecule has 2 rings (SSSR count). The van der Waals surface area contributed by atoms with Gasteiger partial charge in [0.1, 0.15) is 0 Å². The minimum atomic E-state index is -0.270. The van der Waals surface area contributed by atoms with E-state index in [1.807, 2.05) is 17.9 Å². The summed E-state index contributed by atoms with van der Waals surface area (Å²) >= 11 is 8.22. The first-order valence-electron chi connectivity index (χ1n) is 5.60. The van der Waals surface area contributed by atoms with E-state index in [1.165, 1.54) is 11.3 Å². The molecule has 0 bridgehead atoms. The summed E-state index contributed by atoms with van der Waals surface area (Å²) in [6, 6.07) is 4.18. The van der Waals surface area contributed by atoms with Crippen LogP contribution in [0.15, 0.2) is 14.3 Å². The van der Waals surface area contributed by atoms with Crippen molar-refractivity contribution in [3.05, 3.63) is 19.2 Å². The average molecular weight is 392 g/mol. The van der Waals surface area contributed by atoms with Crippen molar-refractivity contribution in [1.82, 2.24) is 4.90 Å². The predicted octanol–water partition coefficient (Wildman–Crippen LogP) is 4.04. The van der Waals surface area contributed by atoms with Crippen LogP contribution in [0, 0.1) is 16.7 Å². The first kappa shape index (κ1) is 14.0. The maximum atomic E-state index is 12.3. The Bertz CT molecular complexity index is 493. The van der Waals surface area contributed by atoms with Crippen LogP contribution in [0.1, 0.15) is 29.4 Å². The number of hydrogen-bond acceptors (Lipinski definition) is 3. The average Bonchev–Trinajstić information content (AvgIpc) is 2.70. The molecule has 1 fully saturated rings. The van der Waals surface area contributed by atoms with Crippen LogP contribution in [0.3, 0.4) is 0 Å². The highest BCUT2D eigenvalue weighted by Gasteiger charge is 2.32. The van der Waals surface area contributed by atoms with Gasteiger partial charge in [0, 0.05) is 17.6 Å². The van der Waals surface area contributed by atoms with Crippen LogP contribution in [-0.4, -0.2) is 23.9 Å². The van der Waals surface area contributed by atoms with Crippen molar-refractivity contribution in [1.29, 1.82) is 5.26 Å². The van der Waals surface area contributed by atoms with Crippen molar-refractivity contribution >= 4 is 49.1 Å². The van der Waals surface area contributed by atoms with E-state index in [1.54, 1.807) is 0 Å². The molecule has 0 aliphatic carbocycles. The van der Waals surface area contributed by atoms with Gasteiger partial charge in [0.2, 0.25) is 0 Å². The highest BCUT2D eigenvalue weighted by atomic mass is 79.9. The third-order valence-electron chi connectivity index (χ3n) is 3.28. The topological polar surface area (TPSA) is 44.1 Å². The Labute approximate surface area is 127 Å². The Morgan fingerprint density at radius 2 is 2.11 bits per heavy atom. The van der Waals surface area contributed by atoms with Gasteiger partial charge in [0.15, 0.2) is 0 Å². The van der Waals surface area contributed by atoms with Crippen LogP contribution < -0.4 is 0 Å². The van der Waals surface area contributed by atoms with Crippen LogP contribution in [0.2, 0.25) is 0 Å². The van der Waals surface area contributed by atoms with E-state index in [9.17, 15) is 4.79 Å². The lowest BCUT2D eigenvalue weighted by Crippen LogP contribution is -2.41. The Morgan fingerprint density at radius 1 is 1.50 bits per heavy atom. The quantitative estimate of drug-likeness (QED) is 0.724. The lowest BCUT2D eigenvalue weighted by molar-refractivity contribution is 0.0666. The summed E-state index contributed by atoms with van der Waals surface area (Å²) in [6.45, 7) is 3.29. The molecule has 18 heavy (non-hydrogen) atoms. The summed E-state index contributed by atoms with van der Waals surface area (Å²) in [4.78, 5) is 14.8. The summed E-state index contributed by atoms with van der Waals surface area (Å²) in [5, 5.41) is 9.07. The molecule has 1 aliphatic heterocycles. The van der Waals surface area contributed by atoms with Gasteiger partial charge < -0.3 is 4.90 Å². The first-order valence-corrected chi connectivity index (χ1v) is 8.01. The first-order chi connectivity index (χ1) is 8.45. The highest BCUT2D eigenvalue weighted by Crippen LogP contribution is 2.35. The number of carbonyl (C=O) groups excluding carboxylic acids is 1. The van der Waals surface area contributed by atoms with Crippen molar-refractivity contribution in [2.45, 2.75) is 19.8 Å². The van der Waals surface area contributed by atoms with E-state index in [2.05, 4.69) is 37.9 Å². The third-order valence-corrected chi connectivity index (χ3v) is 6.52. The van der Waals surface area contributed by atoms with Crippen molar-refractivity contribution in [3.63, 3.8) is 0 Å². The minimum absolute atomic E-state index is 0.0615. The van der Waals surface area contributed by atoms with Gasteiger partial charge in [0.05, 0.1) is 20.1 Å². The number of piperidine rings is 1. The monoisotopic (exact) mass is 390 g/mol. The van der Waals surface area contributed by atoms with Gasteiger partial charge >= 0.3 is 0 Å². The number of nitrogens with zero attached hydrogens (tertiary/aromatic N) is 2. The smallest absolute Gasteiger partial charge is 0.264 e. The molecular weight excluding hydrogens is 380 g/mol. The van der Waals surface area contributed by atoms with Crippen LogP contribution in [0.5, 0.6) is 0 Å². The number of carbonyl (C=O) groups is 1. The summed E-state index contributed by atoms with van der Waals surface area (Å²) < 4.78 is 1.85. The number of halogens is 2. The Kier molecular flexibility index (Phi) is 4.15. The van der Waals surface area contributed by atoms with E-state index in [-0.39, 0.29) is 11.3 Å². The Hall–Kier alpha value is -0.380. The number of amides is 1. The van der Waals surface area contributed by atoms with Crippen molar-refractivity contribution in [3.8, 4) is 6.07 Å². The summed E-state index contributed by atoms with van der Waals surface area (Å²) in [5.74, 6) is 0.0615. The zero-order valence-corrected chi connectivity index (χ0v) is 13.9. The number of likely N-dealkylation sites (tertiary alicyclic amines) is 1. The van der Waals surface area contributed by atoms with Crippen molar-refractivity contribution in [2.24, 2.45) is 5.41 Å². The standard InChI is InChI=1S/C12H12Br2N2OS/c1-12(7-15)2-4-16(5-3-12)11(17)9-6-8(13)10(14)18-9/h6H,2-5H2,1H3. The van der Waals surface area contributed by atoms with Gasteiger partial charge in [-0.1, -0.05) is 0 Å². The van der Waals surface area contributed by atoms with Gasteiger partial charge in [-0.05, 0) is 57.7 Å². The molecule has 0 spiro atoms. The molecule has 1 aromatic heterocycles. The maximum Gasteiger partial charge on any atom is 0.264 e. The molecule has 0 aromatic carbocycles. The second-order valence-corrected chi connectivity index (χ2v) is 7.92. The molecule has 2 heterocycles. The number of nitriles is 1. The molecule has 0 N–H and O–H groups in total. The predicted molar refractivity (Wildman–Crippen MR) is 78.6 cm³/mol. The Balaban J connectivity index is 2.06. The fourth-order valence-corrected chi connectivity index (χ4v) is 3.93. The van der Waals surface area contributed by atoms with E-state index in [4.69, 9.17) is 5.26 Å². The zero-order valence-electron chi connectivity index (χ0n) is 9.87. The second-order valence-electron chi connectivity index (χ2n) is 4.70. The number of rotatable bonds is 1. The number of hydrogen-bond donors (Lipinski definition) is 0. The molecule has 0 unspecified atom stereocenters. The number of thiophene rings is 1. The SMILES string of the molecule is CC1(C#N)CCN(C(=O)c2cc(Br)c(Br)s2)CC1. The summed E-state index contributed by atoms with van der Waals surface area (Å²) in [6.07, 6.45) is 1.51. The fourth-order valence-electron chi connectivity index (χ4n) is 1.92. The largest absolute Gasteiger partial charge is 0.338 e. The molecule has 0 saturated carbocycles. The lowest BCUT2D eigenvalue weighted by Gasteiger charge is -2.34.